The Balaban J connectivity index is 2.75. The maximum atomic E-state index is 2.53. The molecule has 0 unspecified atom stereocenters. The largest absolute Gasteiger partial charge is 0.0580 e. The summed E-state index contributed by atoms with van der Waals surface area (Å²) in [4.78, 5) is 0. The van der Waals surface area contributed by atoms with Crippen molar-refractivity contribution >= 4 is 22.6 Å². The lowest BCUT2D eigenvalue weighted by atomic mass is 9.63. The van der Waals surface area contributed by atoms with Crippen LogP contribution >= 0.6 is 22.6 Å². The molecule has 0 aromatic heterocycles. The van der Waals surface area contributed by atoms with Crippen LogP contribution in [-0.4, -0.2) is 0 Å². The van der Waals surface area contributed by atoms with Gasteiger partial charge in [0.05, 0.1) is 0 Å². The first-order valence-electron chi connectivity index (χ1n) is 6.06. The van der Waals surface area contributed by atoms with E-state index >= 15 is 0 Å². The van der Waals surface area contributed by atoms with Crippen LogP contribution in [0.1, 0.15) is 57.2 Å². The van der Waals surface area contributed by atoms with E-state index in [2.05, 4.69) is 69.3 Å². The van der Waals surface area contributed by atoms with Crippen molar-refractivity contribution in [2.45, 2.75) is 58.3 Å². The van der Waals surface area contributed by atoms with Crippen molar-refractivity contribution in [3.8, 4) is 0 Å². The van der Waals surface area contributed by atoms with E-state index < -0.39 is 0 Å². The highest BCUT2D eigenvalue weighted by Crippen LogP contribution is 2.47. The number of fused-ring (bicyclic) bond motifs is 1. The quantitative estimate of drug-likeness (QED) is 0.591. The number of rotatable bonds is 0. The fourth-order valence-electron chi connectivity index (χ4n) is 2.79. The third kappa shape index (κ3) is 1.81. The number of halogens is 1. The van der Waals surface area contributed by atoms with Gasteiger partial charge in [0.1, 0.15) is 0 Å². The zero-order valence-corrected chi connectivity index (χ0v) is 13.1. The van der Waals surface area contributed by atoms with Gasteiger partial charge in [0.15, 0.2) is 0 Å². The summed E-state index contributed by atoms with van der Waals surface area (Å²) in [6.07, 6.45) is 2.60. The maximum absolute atomic E-state index is 2.53. The molecular formula is C15H21I. The molecule has 0 saturated heterocycles. The van der Waals surface area contributed by atoms with Gasteiger partial charge in [0.25, 0.3) is 0 Å². The Bertz CT molecular complexity index is 427. The summed E-state index contributed by atoms with van der Waals surface area (Å²) in [5.41, 5.74) is 5.28. The fourth-order valence-corrected chi connectivity index (χ4v) is 3.99. The zero-order chi connectivity index (χ0) is 12.1. The molecule has 0 radical (unpaired) electrons. The van der Waals surface area contributed by atoms with Crippen molar-refractivity contribution in [2.75, 3.05) is 0 Å². The number of aryl methyl sites for hydroxylation is 1. The molecule has 0 amide bonds. The second-order valence-electron chi connectivity index (χ2n) is 6.39. The maximum Gasteiger partial charge on any atom is 0.0199 e. The standard InChI is InChI=1S/C15H21I/c1-10-6-7-11-12(13(10)16)15(4,5)9-8-14(11,2)3/h6-7H,8-9H2,1-5H3. The van der Waals surface area contributed by atoms with Crippen LogP contribution in [0.15, 0.2) is 12.1 Å². The topological polar surface area (TPSA) is 0 Å². The third-order valence-corrected chi connectivity index (χ3v) is 5.51. The minimum atomic E-state index is 0.341. The number of hydrogen-bond donors (Lipinski definition) is 0. The molecule has 1 aliphatic carbocycles. The Morgan fingerprint density at radius 2 is 1.56 bits per heavy atom. The first kappa shape index (κ1) is 12.4. The molecule has 0 heterocycles. The number of hydrogen-bond acceptors (Lipinski definition) is 0. The lowest BCUT2D eigenvalue weighted by Gasteiger charge is -2.42. The molecule has 0 N–H and O–H groups in total. The van der Waals surface area contributed by atoms with Crippen LogP contribution in [0.5, 0.6) is 0 Å². The molecule has 1 aliphatic rings. The highest BCUT2D eigenvalue weighted by molar-refractivity contribution is 14.1. The molecule has 0 fully saturated rings. The smallest absolute Gasteiger partial charge is 0.0199 e. The van der Waals surface area contributed by atoms with Gasteiger partial charge in [-0.3, -0.25) is 0 Å². The monoisotopic (exact) mass is 328 g/mol. The van der Waals surface area contributed by atoms with Crippen LogP contribution in [0.4, 0.5) is 0 Å². The third-order valence-electron chi connectivity index (χ3n) is 4.12. The number of benzene rings is 1. The van der Waals surface area contributed by atoms with Gasteiger partial charge in [-0.1, -0.05) is 39.8 Å². The first-order valence-corrected chi connectivity index (χ1v) is 7.14. The van der Waals surface area contributed by atoms with Gasteiger partial charge in [0.2, 0.25) is 0 Å². The second kappa shape index (κ2) is 3.72. The highest BCUT2D eigenvalue weighted by atomic mass is 127. The molecule has 88 valence electrons. The van der Waals surface area contributed by atoms with Crippen LogP contribution in [0.25, 0.3) is 0 Å². The summed E-state index contributed by atoms with van der Waals surface area (Å²) < 4.78 is 1.48. The van der Waals surface area contributed by atoms with Crippen molar-refractivity contribution < 1.29 is 0 Å². The van der Waals surface area contributed by atoms with Crippen LogP contribution < -0.4 is 0 Å². The molecule has 0 atom stereocenters. The Hall–Kier alpha value is -0.0500. The highest BCUT2D eigenvalue weighted by Gasteiger charge is 2.38. The predicted octanol–water partition coefficient (Wildman–Crippen LogP) is 4.95. The average molecular weight is 328 g/mol. The molecule has 0 spiro atoms. The van der Waals surface area contributed by atoms with E-state index in [0.717, 1.165) is 0 Å². The van der Waals surface area contributed by atoms with Crippen molar-refractivity contribution in [1.29, 1.82) is 0 Å². The van der Waals surface area contributed by atoms with Crippen LogP contribution in [0.2, 0.25) is 0 Å². The molecular weight excluding hydrogens is 307 g/mol. The summed E-state index contributed by atoms with van der Waals surface area (Å²) in [6, 6.07) is 4.64. The molecule has 0 nitrogen and oxygen atoms in total. The summed E-state index contributed by atoms with van der Waals surface area (Å²) >= 11 is 2.53. The van der Waals surface area contributed by atoms with Gasteiger partial charge < -0.3 is 0 Å². The molecule has 0 bridgehead atoms. The van der Waals surface area contributed by atoms with Crippen LogP contribution in [0, 0.1) is 10.5 Å². The molecule has 0 saturated carbocycles. The molecule has 1 aromatic rings. The predicted molar refractivity (Wildman–Crippen MR) is 79.2 cm³/mol. The first-order chi connectivity index (χ1) is 7.26. The second-order valence-corrected chi connectivity index (χ2v) is 7.47. The summed E-state index contributed by atoms with van der Waals surface area (Å²) in [5, 5.41) is 0. The van der Waals surface area contributed by atoms with E-state index in [9.17, 15) is 0 Å². The van der Waals surface area contributed by atoms with Crippen LogP contribution in [0.3, 0.4) is 0 Å². The molecule has 16 heavy (non-hydrogen) atoms. The van der Waals surface area contributed by atoms with Crippen molar-refractivity contribution in [3.05, 3.63) is 32.4 Å². The minimum Gasteiger partial charge on any atom is -0.0580 e. The lowest BCUT2D eigenvalue weighted by Crippen LogP contribution is -2.34. The molecule has 1 heteroatoms. The lowest BCUT2D eigenvalue weighted by molar-refractivity contribution is 0.330. The van der Waals surface area contributed by atoms with Crippen molar-refractivity contribution in [3.63, 3.8) is 0 Å². The Morgan fingerprint density at radius 1 is 1.00 bits per heavy atom. The minimum absolute atomic E-state index is 0.341. The Labute approximate surface area is 113 Å². The summed E-state index contributed by atoms with van der Waals surface area (Å²) in [7, 11) is 0. The van der Waals surface area contributed by atoms with Gasteiger partial charge in [-0.15, -0.1) is 0 Å². The summed E-state index contributed by atoms with van der Waals surface area (Å²) in [5.74, 6) is 0. The van der Waals surface area contributed by atoms with Gasteiger partial charge in [-0.25, -0.2) is 0 Å². The molecule has 0 aliphatic heterocycles. The van der Waals surface area contributed by atoms with Crippen molar-refractivity contribution in [2.24, 2.45) is 0 Å². The van der Waals surface area contributed by atoms with E-state index in [1.165, 1.54) is 22.0 Å². The fraction of sp³-hybridized carbons (Fsp3) is 0.600. The zero-order valence-electron chi connectivity index (χ0n) is 10.9. The SMILES string of the molecule is Cc1ccc2c(c1I)C(C)(C)CCC2(C)C. The molecule has 1 aromatic carbocycles. The van der Waals surface area contributed by atoms with E-state index in [1.54, 1.807) is 11.1 Å². The van der Waals surface area contributed by atoms with Crippen LogP contribution in [-0.2, 0) is 10.8 Å². The molecule has 2 rings (SSSR count). The average Bonchev–Trinajstić information content (AvgIpc) is 2.17. The summed E-state index contributed by atoms with van der Waals surface area (Å²) in [6.45, 7) is 11.8. The normalized spacial score (nSPS) is 21.6. The Morgan fingerprint density at radius 3 is 2.19 bits per heavy atom. The van der Waals surface area contributed by atoms with Gasteiger partial charge in [-0.2, -0.15) is 0 Å². The van der Waals surface area contributed by atoms with Crippen molar-refractivity contribution in [1.82, 2.24) is 0 Å². The van der Waals surface area contributed by atoms with E-state index in [-0.39, 0.29) is 0 Å². The van der Waals surface area contributed by atoms with Gasteiger partial charge in [-0.05, 0) is 69.9 Å². The van der Waals surface area contributed by atoms with E-state index in [1.807, 2.05) is 0 Å². The van der Waals surface area contributed by atoms with E-state index in [0.29, 0.717) is 10.8 Å². The van der Waals surface area contributed by atoms with E-state index in [4.69, 9.17) is 0 Å². The Kier molecular flexibility index (Phi) is 2.89. The van der Waals surface area contributed by atoms with Gasteiger partial charge >= 0.3 is 0 Å². The van der Waals surface area contributed by atoms with Gasteiger partial charge in [0, 0.05) is 3.57 Å².